The van der Waals surface area contributed by atoms with Crippen LogP contribution in [0.3, 0.4) is 0 Å². The normalized spacial score (nSPS) is 11.0. The van der Waals surface area contributed by atoms with Crippen molar-refractivity contribution in [2.75, 3.05) is 0 Å². The third-order valence-corrected chi connectivity index (χ3v) is 4.99. The molecule has 4 rings (SSSR count). The van der Waals surface area contributed by atoms with Crippen molar-refractivity contribution >= 4 is 17.3 Å². The molecule has 0 amide bonds. The molecule has 30 heavy (non-hydrogen) atoms. The van der Waals surface area contributed by atoms with Gasteiger partial charge in [-0.1, -0.05) is 36.4 Å². The molecule has 0 unspecified atom stereocenters. The Morgan fingerprint density at radius 1 is 0.933 bits per heavy atom. The average molecular weight is 407 g/mol. The summed E-state index contributed by atoms with van der Waals surface area (Å²) in [6.07, 6.45) is 2.35. The number of hydrogen-bond donors (Lipinski definition) is 1. The number of ether oxygens (including phenoxy) is 1. The molecule has 3 aromatic carbocycles. The summed E-state index contributed by atoms with van der Waals surface area (Å²) in [5.74, 6) is -0.465. The van der Waals surface area contributed by atoms with Crippen LogP contribution in [0.4, 0.5) is 8.78 Å². The maximum Gasteiger partial charge on any atom is 0.144 e. The SMILES string of the molecule is NCc1cccc(-c2cc(COc3ccccc3CC=O)c(F)c3ccoc23)c1F. The highest BCUT2D eigenvalue weighted by molar-refractivity contribution is 5.94. The summed E-state index contributed by atoms with van der Waals surface area (Å²) < 4.78 is 41.3. The number of nitrogens with two attached hydrogens (primary N) is 1. The van der Waals surface area contributed by atoms with Crippen LogP contribution in [0.15, 0.2) is 65.3 Å². The Balaban J connectivity index is 1.77. The van der Waals surface area contributed by atoms with Gasteiger partial charge in [0, 0.05) is 40.8 Å². The summed E-state index contributed by atoms with van der Waals surface area (Å²) in [5, 5.41) is 0.241. The number of fused-ring (bicyclic) bond motifs is 1. The molecule has 0 radical (unpaired) electrons. The van der Waals surface area contributed by atoms with E-state index in [1.807, 2.05) is 0 Å². The van der Waals surface area contributed by atoms with E-state index in [0.717, 1.165) is 6.29 Å². The van der Waals surface area contributed by atoms with Crippen molar-refractivity contribution in [1.82, 2.24) is 0 Å². The Morgan fingerprint density at radius 2 is 1.73 bits per heavy atom. The summed E-state index contributed by atoms with van der Waals surface area (Å²) in [6, 6.07) is 15.0. The molecule has 2 N–H and O–H groups in total. The molecule has 0 aliphatic carbocycles. The van der Waals surface area contributed by atoms with E-state index in [1.54, 1.807) is 42.5 Å². The van der Waals surface area contributed by atoms with Crippen molar-refractivity contribution in [3.63, 3.8) is 0 Å². The number of furan rings is 1. The van der Waals surface area contributed by atoms with E-state index in [1.165, 1.54) is 18.4 Å². The third kappa shape index (κ3) is 3.57. The molecule has 6 heteroatoms. The summed E-state index contributed by atoms with van der Waals surface area (Å²) in [5.41, 5.74) is 7.89. The smallest absolute Gasteiger partial charge is 0.144 e. The monoisotopic (exact) mass is 407 g/mol. The number of hydrogen-bond acceptors (Lipinski definition) is 4. The van der Waals surface area contributed by atoms with Gasteiger partial charge < -0.3 is 19.7 Å². The Labute approximate surface area is 171 Å². The van der Waals surface area contributed by atoms with Crippen LogP contribution in [-0.2, 0) is 24.4 Å². The fourth-order valence-electron chi connectivity index (χ4n) is 3.48. The molecule has 152 valence electrons. The molecule has 0 atom stereocenters. The number of benzene rings is 3. The molecule has 0 aliphatic rings. The van der Waals surface area contributed by atoms with E-state index >= 15 is 4.39 Å². The van der Waals surface area contributed by atoms with Crippen molar-refractivity contribution in [2.24, 2.45) is 5.73 Å². The molecule has 0 fully saturated rings. The zero-order valence-electron chi connectivity index (χ0n) is 16.0. The summed E-state index contributed by atoms with van der Waals surface area (Å²) in [7, 11) is 0. The Bertz CT molecular complexity index is 1220. The Hall–Kier alpha value is -3.51. The summed E-state index contributed by atoms with van der Waals surface area (Å²) >= 11 is 0. The zero-order chi connectivity index (χ0) is 21.1. The van der Waals surface area contributed by atoms with E-state index in [4.69, 9.17) is 14.9 Å². The lowest BCUT2D eigenvalue weighted by molar-refractivity contribution is -0.107. The third-order valence-electron chi connectivity index (χ3n) is 4.99. The van der Waals surface area contributed by atoms with E-state index in [0.29, 0.717) is 22.4 Å². The Kier molecular flexibility index (Phi) is 5.59. The number of carbonyl (C=O) groups is 1. The molecule has 0 bridgehead atoms. The molecule has 0 saturated heterocycles. The summed E-state index contributed by atoms with van der Waals surface area (Å²) in [4.78, 5) is 10.9. The quantitative estimate of drug-likeness (QED) is 0.430. The first-order valence-electron chi connectivity index (χ1n) is 9.44. The lowest BCUT2D eigenvalue weighted by Crippen LogP contribution is -2.04. The van der Waals surface area contributed by atoms with Crippen LogP contribution < -0.4 is 10.5 Å². The lowest BCUT2D eigenvalue weighted by Gasteiger charge is -2.13. The van der Waals surface area contributed by atoms with Gasteiger partial charge in [-0.3, -0.25) is 0 Å². The van der Waals surface area contributed by atoms with Crippen LogP contribution in [-0.4, -0.2) is 6.29 Å². The van der Waals surface area contributed by atoms with Gasteiger partial charge in [0.25, 0.3) is 0 Å². The number of rotatable bonds is 7. The van der Waals surface area contributed by atoms with Crippen LogP contribution >= 0.6 is 0 Å². The Morgan fingerprint density at radius 3 is 2.53 bits per heavy atom. The van der Waals surface area contributed by atoms with E-state index in [2.05, 4.69) is 0 Å². The number of halogens is 2. The van der Waals surface area contributed by atoms with Gasteiger partial charge in [-0.2, -0.15) is 0 Å². The highest BCUT2D eigenvalue weighted by Gasteiger charge is 2.19. The largest absolute Gasteiger partial charge is 0.489 e. The van der Waals surface area contributed by atoms with Crippen LogP contribution in [0.25, 0.3) is 22.1 Å². The molecule has 0 saturated carbocycles. The zero-order valence-corrected chi connectivity index (χ0v) is 16.0. The van der Waals surface area contributed by atoms with Gasteiger partial charge in [-0.05, 0) is 18.2 Å². The maximum atomic E-state index is 15.1. The first kappa shape index (κ1) is 19.8. The van der Waals surface area contributed by atoms with Gasteiger partial charge in [0.05, 0.1) is 11.6 Å². The molecule has 1 heterocycles. The maximum absolute atomic E-state index is 15.1. The molecule has 0 spiro atoms. The van der Waals surface area contributed by atoms with Crippen molar-refractivity contribution in [1.29, 1.82) is 0 Å². The highest BCUT2D eigenvalue weighted by atomic mass is 19.1. The molecule has 1 aromatic heterocycles. The average Bonchev–Trinajstić information content (AvgIpc) is 3.25. The minimum atomic E-state index is -0.495. The summed E-state index contributed by atoms with van der Waals surface area (Å²) in [6.45, 7) is -0.0420. The van der Waals surface area contributed by atoms with Crippen LogP contribution in [0, 0.1) is 11.6 Å². The van der Waals surface area contributed by atoms with Gasteiger partial charge in [0.1, 0.15) is 35.9 Å². The predicted octanol–water partition coefficient (Wildman–Crippen LogP) is 5.16. The van der Waals surface area contributed by atoms with Crippen molar-refractivity contribution in [3.05, 3.63) is 89.2 Å². The second-order valence-corrected chi connectivity index (χ2v) is 6.81. The number of para-hydroxylation sites is 1. The van der Waals surface area contributed by atoms with Gasteiger partial charge in [0.15, 0.2) is 0 Å². The van der Waals surface area contributed by atoms with E-state index < -0.39 is 11.6 Å². The first-order chi connectivity index (χ1) is 14.6. The fraction of sp³-hybridized carbons (Fsp3) is 0.125. The van der Waals surface area contributed by atoms with Crippen LogP contribution in [0.5, 0.6) is 5.75 Å². The minimum Gasteiger partial charge on any atom is -0.489 e. The van der Waals surface area contributed by atoms with Crippen molar-refractivity contribution in [2.45, 2.75) is 19.6 Å². The predicted molar refractivity (Wildman–Crippen MR) is 110 cm³/mol. The van der Waals surface area contributed by atoms with Crippen LogP contribution in [0.2, 0.25) is 0 Å². The lowest BCUT2D eigenvalue weighted by atomic mass is 9.97. The van der Waals surface area contributed by atoms with Crippen molar-refractivity contribution < 1.29 is 22.7 Å². The minimum absolute atomic E-state index is 0.0473. The van der Waals surface area contributed by atoms with E-state index in [9.17, 15) is 9.18 Å². The molecule has 4 nitrogen and oxygen atoms in total. The topological polar surface area (TPSA) is 65.5 Å². The van der Waals surface area contributed by atoms with Crippen LogP contribution in [0.1, 0.15) is 16.7 Å². The number of carbonyl (C=O) groups excluding carboxylic acids is 1. The molecular weight excluding hydrogens is 388 g/mol. The second kappa shape index (κ2) is 8.47. The number of aldehydes is 1. The van der Waals surface area contributed by atoms with Gasteiger partial charge in [-0.25, -0.2) is 8.78 Å². The fourth-order valence-corrected chi connectivity index (χ4v) is 3.48. The molecule has 4 aromatic rings. The molecule has 0 aliphatic heterocycles. The van der Waals surface area contributed by atoms with Gasteiger partial charge in [-0.15, -0.1) is 0 Å². The molecular formula is C24H19F2NO3. The second-order valence-electron chi connectivity index (χ2n) is 6.81. The van der Waals surface area contributed by atoms with Crippen molar-refractivity contribution in [3.8, 4) is 16.9 Å². The van der Waals surface area contributed by atoms with Gasteiger partial charge >= 0.3 is 0 Å². The standard InChI is InChI=1S/C24H19F2NO3/c25-22-16(13-27)5-3-6-18(22)20-12-17(23(26)19-9-11-29-24(19)20)14-30-21-7-2-1-4-15(21)8-10-28/h1-7,9-12H,8,13-14,27H2. The van der Waals surface area contributed by atoms with E-state index in [-0.39, 0.29) is 41.7 Å². The first-order valence-corrected chi connectivity index (χ1v) is 9.44. The van der Waals surface area contributed by atoms with Gasteiger partial charge in [0.2, 0.25) is 0 Å². The highest BCUT2D eigenvalue weighted by Crippen LogP contribution is 2.36.